The van der Waals surface area contributed by atoms with Gasteiger partial charge < -0.3 is 0 Å². The summed E-state index contributed by atoms with van der Waals surface area (Å²) in [5.74, 6) is 0. The van der Waals surface area contributed by atoms with Gasteiger partial charge in [-0.05, 0) is 45.8 Å². The number of hydrogen-bond donors (Lipinski definition) is 0. The van der Waals surface area contributed by atoms with Crippen molar-refractivity contribution in [1.29, 1.82) is 0 Å². The van der Waals surface area contributed by atoms with E-state index in [1.165, 1.54) is 16.2 Å². The molecule has 0 aliphatic heterocycles. The number of aromatic nitrogens is 1. The highest BCUT2D eigenvalue weighted by Gasteiger charge is 2.10. The van der Waals surface area contributed by atoms with Crippen molar-refractivity contribution in [3.05, 3.63) is 103 Å². The molecule has 0 unspecified atom stereocenters. The smallest absolute Gasteiger partial charge is 0.152 e. The minimum absolute atomic E-state index is 0.597. The lowest BCUT2D eigenvalue weighted by molar-refractivity contribution is 0.112. The van der Waals surface area contributed by atoms with Crippen molar-refractivity contribution in [3.8, 4) is 22.5 Å². The molecule has 0 atom stereocenters. The monoisotopic (exact) mass is 359 g/mol. The fourth-order valence-electron chi connectivity index (χ4n) is 3.64. The predicted molar refractivity (Wildman–Crippen MR) is 116 cm³/mol. The third-order valence-electron chi connectivity index (χ3n) is 5.12. The van der Waals surface area contributed by atoms with Crippen molar-refractivity contribution in [3.63, 3.8) is 0 Å². The maximum absolute atomic E-state index is 11.6. The molecule has 4 aromatic carbocycles. The van der Waals surface area contributed by atoms with Crippen LogP contribution >= 0.6 is 0 Å². The molecule has 0 spiro atoms. The summed E-state index contributed by atoms with van der Waals surface area (Å²) in [6, 6.07) is 32.8. The third kappa shape index (κ3) is 2.85. The molecule has 5 aromatic rings. The molecule has 0 aliphatic carbocycles. The minimum atomic E-state index is 0.597. The molecular weight excluding hydrogens is 342 g/mol. The molecule has 5 rings (SSSR count). The van der Waals surface area contributed by atoms with Crippen LogP contribution in [0, 0.1) is 0 Å². The van der Waals surface area contributed by atoms with Gasteiger partial charge in [-0.15, -0.1) is 0 Å². The zero-order valence-corrected chi connectivity index (χ0v) is 15.2. The highest BCUT2D eigenvalue weighted by molar-refractivity contribution is 5.92. The Kier molecular flexibility index (Phi) is 3.95. The topological polar surface area (TPSA) is 30.0 Å². The maximum atomic E-state index is 11.6. The number of carbonyl (C=O) groups excluding carboxylic acids is 1. The van der Waals surface area contributed by atoms with Gasteiger partial charge in [0.2, 0.25) is 0 Å². The lowest BCUT2D eigenvalue weighted by atomic mass is 10.00. The molecule has 0 saturated carbocycles. The molecule has 2 heteroatoms. The average molecular weight is 359 g/mol. The van der Waals surface area contributed by atoms with E-state index in [0.717, 1.165) is 28.5 Å². The van der Waals surface area contributed by atoms with Crippen LogP contribution in [0.2, 0.25) is 0 Å². The molecule has 0 radical (unpaired) electrons. The van der Waals surface area contributed by atoms with E-state index in [9.17, 15) is 4.79 Å². The van der Waals surface area contributed by atoms with Crippen molar-refractivity contribution in [1.82, 2.24) is 4.98 Å². The van der Waals surface area contributed by atoms with Crippen LogP contribution in [-0.4, -0.2) is 11.3 Å². The van der Waals surface area contributed by atoms with Gasteiger partial charge >= 0.3 is 0 Å². The Labute approximate surface area is 163 Å². The first-order valence-electron chi connectivity index (χ1n) is 9.26. The summed E-state index contributed by atoms with van der Waals surface area (Å²) in [4.78, 5) is 16.5. The van der Waals surface area contributed by atoms with E-state index >= 15 is 0 Å². The van der Waals surface area contributed by atoms with Crippen LogP contribution in [0.25, 0.3) is 44.1 Å². The molecule has 0 bridgehead atoms. The van der Waals surface area contributed by atoms with Gasteiger partial charge in [0.1, 0.15) is 0 Å². The molecule has 28 heavy (non-hydrogen) atoms. The van der Waals surface area contributed by atoms with Crippen LogP contribution in [-0.2, 0) is 0 Å². The van der Waals surface area contributed by atoms with Crippen LogP contribution in [0.1, 0.15) is 10.4 Å². The van der Waals surface area contributed by atoms with Gasteiger partial charge in [-0.1, -0.05) is 72.8 Å². The van der Waals surface area contributed by atoms with E-state index in [2.05, 4.69) is 54.6 Å². The summed E-state index contributed by atoms with van der Waals surface area (Å²) < 4.78 is 0. The van der Waals surface area contributed by atoms with Gasteiger partial charge in [-0.25, -0.2) is 4.98 Å². The molecule has 0 aliphatic rings. The van der Waals surface area contributed by atoms with E-state index in [1.807, 2.05) is 42.5 Å². The summed E-state index contributed by atoms with van der Waals surface area (Å²) in [5.41, 5.74) is 4.16. The number of fused-ring (bicyclic) bond motifs is 2. The second-order valence-electron chi connectivity index (χ2n) is 6.88. The first-order valence-corrected chi connectivity index (χ1v) is 9.26. The van der Waals surface area contributed by atoms with Crippen LogP contribution in [0.5, 0.6) is 0 Å². The summed E-state index contributed by atoms with van der Waals surface area (Å²) in [7, 11) is 0. The average Bonchev–Trinajstić information content (AvgIpc) is 2.78. The molecule has 2 nitrogen and oxygen atoms in total. The van der Waals surface area contributed by atoms with Crippen LogP contribution in [0.3, 0.4) is 0 Å². The lowest BCUT2D eigenvalue weighted by Gasteiger charge is -2.10. The predicted octanol–water partition coefficient (Wildman–Crippen LogP) is 6.53. The Hall–Kier alpha value is -3.78. The Morgan fingerprint density at radius 3 is 1.79 bits per heavy atom. The lowest BCUT2D eigenvalue weighted by Crippen LogP contribution is -1.94. The Balaban J connectivity index is 1.67. The van der Waals surface area contributed by atoms with Gasteiger partial charge in [0.25, 0.3) is 0 Å². The van der Waals surface area contributed by atoms with Crippen molar-refractivity contribution < 1.29 is 4.79 Å². The fourth-order valence-corrected chi connectivity index (χ4v) is 3.64. The standard InChI is InChI=1S/C26H17NO/c28-17-24-13-14-25(22-11-9-18-5-1-3-7-20(18)15-22)27-26(24)23-12-10-19-6-2-4-8-21(19)16-23/h1-17H. The number of nitrogens with zero attached hydrogens (tertiary/aromatic N) is 1. The minimum Gasteiger partial charge on any atom is -0.298 e. The van der Waals surface area contributed by atoms with E-state index in [-0.39, 0.29) is 0 Å². The summed E-state index contributed by atoms with van der Waals surface area (Å²) in [5, 5.41) is 4.68. The number of rotatable bonds is 3. The highest BCUT2D eigenvalue weighted by atomic mass is 16.1. The van der Waals surface area contributed by atoms with E-state index in [0.29, 0.717) is 11.3 Å². The Morgan fingerprint density at radius 1 is 0.571 bits per heavy atom. The highest BCUT2D eigenvalue weighted by Crippen LogP contribution is 2.29. The van der Waals surface area contributed by atoms with Gasteiger partial charge in [0, 0.05) is 16.7 Å². The van der Waals surface area contributed by atoms with E-state index in [4.69, 9.17) is 4.98 Å². The maximum Gasteiger partial charge on any atom is 0.152 e. The van der Waals surface area contributed by atoms with Gasteiger partial charge in [-0.3, -0.25) is 4.79 Å². The number of pyridine rings is 1. The molecular formula is C26H17NO. The Morgan fingerprint density at radius 2 is 1.14 bits per heavy atom. The van der Waals surface area contributed by atoms with Crippen molar-refractivity contribution in [2.75, 3.05) is 0 Å². The largest absolute Gasteiger partial charge is 0.298 e. The first-order chi connectivity index (χ1) is 13.8. The van der Waals surface area contributed by atoms with Crippen LogP contribution in [0.4, 0.5) is 0 Å². The zero-order chi connectivity index (χ0) is 18.9. The number of hydrogen-bond acceptors (Lipinski definition) is 2. The second-order valence-corrected chi connectivity index (χ2v) is 6.88. The molecule has 0 saturated heterocycles. The Bertz CT molecular complexity index is 1340. The van der Waals surface area contributed by atoms with E-state index < -0.39 is 0 Å². The molecule has 1 heterocycles. The number of benzene rings is 4. The quantitative estimate of drug-likeness (QED) is 0.343. The van der Waals surface area contributed by atoms with Crippen molar-refractivity contribution in [2.45, 2.75) is 0 Å². The molecule has 0 amide bonds. The zero-order valence-electron chi connectivity index (χ0n) is 15.2. The molecule has 132 valence electrons. The van der Waals surface area contributed by atoms with Gasteiger partial charge in [0.15, 0.2) is 6.29 Å². The van der Waals surface area contributed by atoms with Crippen molar-refractivity contribution in [2.24, 2.45) is 0 Å². The number of aldehydes is 1. The molecule has 1 aromatic heterocycles. The van der Waals surface area contributed by atoms with Crippen molar-refractivity contribution >= 4 is 27.8 Å². The first kappa shape index (κ1) is 16.4. The third-order valence-corrected chi connectivity index (χ3v) is 5.12. The van der Waals surface area contributed by atoms with Crippen LogP contribution < -0.4 is 0 Å². The van der Waals surface area contributed by atoms with Crippen LogP contribution in [0.15, 0.2) is 97.1 Å². The SMILES string of the molecule is O=Cc1ccc(-c2ccc3ccccc3c2)nc1-c1ccc2ccccc2c1. The van der Waals surface area contributed by atoms with E-state index in [1.54, 1.807) is 0 Å². The molecule has 0 fully saturated rings. The van der Waals surface area contributed by atoms with Gasteiger partial charge in [0.05, 0.1) is 11.4 Å². The van der Waals surface area contributed by atoms with Gasteiger partial charge in [-0.2, -0.15) is 0 Å². The summed E-state index contributed by atoms with van der Waals surface area (Å²) in [6.07, 6.45) is 0.877. The summed E-state index contributed by atoms with van der Waals surface area (Å²) in [6.45, 7) is 0. The molecule has 0 N–H and O–H groups in total. The summed E-state index contributed by atoms with van der Waals surface area (Å²) >= 11 is 0. The fraction of sp³-hybridized carbons (Fsp3) is 0. The number of carbonyl (C=O) groups is 1. The normalized spacial score (nSPS) is 11.0. The second kappa shape index (κ2) is 6.75.